The Labute approximate surface area is 132 Å². The maximum absolute atomic E-state index is 6.21. The number of nitrogens with zero attached hydrogens (tertiary/aromatic N) is 4. The summed E-state index contributed by atoms with van der Waals surface area (Å²) in [5.74, 6) is 1.82. The highest BCUT2D eigenvalue weighted by Gasteiger charge is 2.30. The normalized spacial score (nSPS) is 24.0. The summed E-state index contributed by atoms with van der Waals surface area (Å²) in [6, 6.07) is 2.59. The van der Waals surface area contributed by atoms with Crippen molar-refractivity contribution < 1.29 is 0 Å². The Hall–Kier alpha value is -0.870. The van der Waals surface area contributed by atoms with E-state index in [1.165, 1.54) is 32.4 Å². The summed E-state index contributed by atoms with van der Waals surface area (Å²) >= 11 is 6.21. The van der Waals surface area contributed by atoms with Crippen LogP contribution >= 0.6 is 11.6 Å². The second-order valence-corrected chi connectivity index (χ2v) is 7.64. The molecule has 0 bridgehead atoms. The smallest absolute Gasteiger partial charge is 0.137 e. The van der Waals surface area contributed by atoms with Crippen LogP contribution in [0.3, 0.4) is 0 Å². The Kier molecular flexibility index (Phi) is 4.10. The Morgan fingerprint density at radius 1 is 1.14 bits per heavy atom. The fourth-order valence-electron chi connectivity index (χ4n) is 3.26. The standard InChI is InChI=1S/C16H25ClN4/c1-16(2,3)15-18-13(17)10-14(19-15)21-9-6-12(11-21)20-7-4-5-8-20/h10,12H,4-9,11H2,1-3H3. The molecule has 1 aromatic rings. The average molecular weight is 309 g/mol. The second kappa shape index (κ2) is 5.73. The molecule has 0 aromatic carbocycles. The number of rotatable bonds is 2. The highest BCUT2D eigenvalue weighted by molar-refractivity contribution is 6.29. The lowest BCUT2D eigenvalue weighted by Crippen LogP contribution is -2.35. The van der Waals surface area contributed by atoms with Gasteiger partial charge in [-0.3, -0.25) is 4.90 Å². The number of likely N-dealkylation sites (tertiary alicyclic amines) is 1. The molecule has 2 aliphatic heterocycles. The van der Waals surface area contributed by atoms with Gasteiger partial charge in [-0.15, -0.1) is 0 Å². The Bertz CT molecular complexity index is 505. The molecule has 4 nitrogen and oxygen atoms in total. The summed E-state index contributed by atoms with van der Waals surface area (Å²) in [6.07, 6.45) is 3.93. The monoisotopic (exact) mass is 308 g/mol. The molecule has 1 aromatic heterocycles. The van der Waals surface area contributed by atoms with E-state index in [4.69, 9.17) is 16.6 Å². The molecule has 2 saturated heterocycles. The Balaban J connectivity index is 1.76. The minimum Gasteiger partial charge on any atom is -0.355 e. The van der Waals surface area contributed by atoms with Gasteiger partial charge in [0.05, 0.1) is 0 Å². The van der Waals surface area contributed by atoms with Crippen molar-refractivity contribution in [3.63, 3.8) is 0 Å². The van der Waals surface area contributed by atoms with Crippen molar-refractivity contribution in [2.75, 3.05) is 31.1 Å². The van der Waals surface area contributed by atoms with E-state index in [-0.39, 0.29) is 5.41 Å². The summed E-state index contributed by atoms with van der Waals surface area (Å²) < 4.78 is 0. The van der Waals surface area contributed by atoms with Crippen LogP contribution in [0.4, 0.5) is 5.82 Å². The van der Waals surface area contributed by atoms with Gasteiger partial charge in [-0.1, -0.05) is 32.4 Å². The van der Waals surface area contributed by atoms with Gasteiger partial charge < -0.3 is 4.90 Å². The van der Waals surface area contributed by atoms with Crippen molar-refractivity contribution in [3.05, 3.63) is 17.0 Å². The Morgan fingerprint density at radius 2 is 1.86 bits per heavy atom. The van der Waals surface area contributed by atoms with Crippen LogP contribution < -0.4 is 4.90 Å². The highest BCUT2D eigenvalue weighted by atomic mass is 35.5. The van der Waals surface area contributed by atoms with Crippen LogP contribution in [-0.2, 0) is 5.41 Å². The van der Waals surface area contributed by atoms with Crippen LogP contribution in [0.2, 0.25) is 5.15 Å². The zero-order valence-electron chi connectivity index (χ0n) is 13.3. The minimum atomic E-state index is -0.0757. The first-order valence-electron chi connectivity index (χ1n) is 7.97. The molecule has 0 saturated carbocycles. The summed E-state index contributed by atoms with van der Waals surface area (Å²) in [7, 11) is 0. The molecule has 0 amide bonds. The largest absolute Gasteiger partial charge is 0.355 e. The van der Waals surface area contributed by atoms with E-state index in [1.807, 2.05) is 6.07 Å². The number of halogens is 1. The molecule has 116 valence electrons. The van der Waals surface area contributed by atoms with E-state index in [1.54, 1.807) is 0 Å². The lowest BCUT2D eigenvalue weighted by Gasteiger charge is -2.25. The van der Waals surface area contributed by atoms with Crippen molar-refractivity contribution in [1.29, 1.82) is 0 Å². The minimum absolute atomic E-state index is 0.0757. The first-order valence-corrected chi connectivity index (χ1v) is 8.35. The predicted molar refractivity (Wildman–Crippen MR) is 87.2 cm³/mol. The van der Waals surface area contributed by atoms with Gasteiger partial charge in [0.1, 0.15) is 16.8 Å². The van der Waals surface area contributed by atoms with Gasteiger partial charge in [0.2, 0.25) is 0 Å². The first kappa shape index (κ1) is 15.0. The zero-order chi connectivity index (χ0) is 15.0. The van der Waals surface area contributed by atoms with Gasteiger partial charge in [-0.2, -0.15) is 0 Å². The molecule has 2 aliphatic rings. The zero-order valence-corrected chi connectivity index (χ0v) is 14.0. The number of aromatic nitrogens is 2. The van der Waals surface area contributed by atoms with Gasteiger partial charge in [0.25, 0.3) is 0 Å². The molecule has 21 heavy (non-hydrogen) atoms. The fraction of sp³-hybridized carbons (Fsp3) is 0.750. The molecule has 2 fully saturated rings. The number of anilines is 1. The molecule has 1 unspecified atom stereocenters. The van der Waals surface area contributed by atoms with Crippen LogP contribution in [0.5, 0.6) is 0 Å². The van der Waals surface area contributed by atoms with Gasteiger partial charge in [-0.05, 0) is 32.4 Å². The third-order valence-electron chi connectivity index (χ3n) is 4.50. The van der Waals surface area contributed by atoms with Crippen LogP contribution in [0.25, 0.3) is 0 Å². The van der Waals surface area contributed by atoms with Crippen LogP contribution in [0.1, 0.15) is 45.9 Å². The fourth-order valence-corrected chi connectivity index (χ4v) is 3.44. The lowest BCUT2D eigenvalue weighted by atomic mass is 9.96. The second-order valence-electron chi connectivity index (χ2n) is 7.25. The SMILES string of the molecule is CC(C)(C)c1nc(Cl)cc(N2CCC(N3CCCC3)C2)n1. The van der Waals surface area contributed by atoms with Crippen LogP contribution in [-0.4, -0.2) is 47.1 Å². The van der Waals surface area contributed by atoms with E-state index in [2.05, 4.69) is 35.6 Å². The molecule has 0 aliphatic carbocycles. The molecular formula is C16H25ClN4. The summed E-state index contributed by atoms with van der Waals surface area (Å²) in [5.41, 5.74) is -0.0757. The topological polar surface area (TPSA) is 32.3 Å². The van der Waals surface area contributed by atoms with Crippen LogP contribution in [0, 0.1) is 0 Å². The first-order chi connectivity index (χ1) is 9.93. The van der Waals surface area contributed by atoms with Crippen LogP contribution in [0.15, 0.2) is 6.07 Å². The molecule has 3 heterocycles. The molecule has 3 rings (SSSR count). The van der Waals surface area contributed by atoms with Crippen molar-refractivity contribution in [3.8, 4) is 0 Å². The van der Waals surface area contributed by atoms with Crippen molar-refractivity contribution >= 4 is 17.4 Å². The van der Waals surface area contributed by atoms with Gasteiger partial charge >= 0.3 is 0 Å². The van der Waals surface area contributed by atoms with Crippen molar-refractivity contribution in [1.82, 2.24) is 14.9 Å². The maximum Gasteiger partial charge on any atom is 0.137 e. The Morgan fingerprint density at radius 3 is 2.52 bits per heavy atom. The van der Waals surface area contributed by atoms with E-state index in [0.29, 0.717) is 11.2 Å². The van der Waals surface area contributed by atoms with Gasteiger partial charge in [-0.25, -0.2) is 9.97 Å². The molecule has 5 heteroatoms. The highest BCUT2D eigenvalue weighted by Crippen LogP contribution is 2.28. The van der Waals surface area contributed by atoms with Crippen molar-refractivity contribution in [2.45, 2.75) is 51.5 Å². The molecule has 0 spiro atoms. The summed E-state index contributed by atoms with van der Waals surface area (Å²) in [4.78, 5) is 14.1. The maximum atomic E-state index is 6.21. The summed E-state index contributed by atoms with van der Waals surface area (Å²) in [6.45, 7) is 11.0. The number of hydrogen-bond donors (Lipinski definition) is 0. The van der Waals surface area contributed by atoms with E-state index in [0.717, 1.165) is 24.7 Å². The third-order valence-corrected chi connectivity index (χ3v) is 4.69. The van der Waals surface area contributed by atoms with E-state index >= 15 is 0 Å². The lowest BCUT2D eigenvalue weighted by molar-refractivity contribution is 0.260. The average Bonchev–Trinajstić information content (AvgIpc) is 3.08. The van der Waals surface area contributed by atoms with E-state index in [9.17, 15) is 0 Å². The molecule has 1 atom stereocenters. The van der Waals surface area contributed by atoms with Crippen molar-refractivity contribution in [2.24, 2.45) is 0 Å². The van der Waals surface area contributed by atoms with Gasteiger partial charge in [0, 0.05) is 30.6 Å². The number of hydrogen-bond acceptors (Lipinski definition) is 4. The third kappa shape index (κ3) is 3.32. The summed E-state index contributed by atoms with van der Waals surface area (Å²) in [5, 5.41) is 0.551. The molecule has 0 N–H and O–H groups in total. The quantitative estimate of drug-likeness (QED) is 0.786. The van der Waals surface area contributed by atoms with Gasteiger partial charge in [0.15, 0.2) is 0 Å². The van der Waals surface area contributed by atoms with E-state index < -0.39 is 0 Å². The molecular weight excluding hydrogens is 284 g/mol. The predicted octanol–water partition coefficient (Wildman–Crippen LogP) is 3.10. The molecule has 0 radical (unpaired) electrons.